The van der Waals surface area contributed by atoms with Crippen LogP contribution in [0.5, 0.6) is 0 Å². The molecule has 0 spiro atoms. The Morgan fingerprint density at radius 2 is 1.96 bits per heavy atom. The van der Waals surface area contributed by atoms with E-state index in [-0.39, 0.29) is 0 Å². The Morgan fingerprint density at radius 1 is 1.17 bits per heavy atom. The molecule has 0 saturated heterocycles. The molecule has 3 rings (SSSR count). The first-order valence-electron chi connectivity index (χ1n) is 7.38. The fraction of sp³-hybridized carbons (Fsp3) is 0.333. The molecule has 6 nitrogen and oxygen atoms in total. The Bertz CT molecular complexity index is 787. The summed E-state index contributed by atoms with van der Waals surface area (Å²) in [5.41, 5.74) is 0.847. The largest absolute Gasteiger partial charge is 0.420 e. The molecule has 0 radical (unpaired) electrons. The minimum Gasteiger partial charge on any atom is -0.420 e. The summed E-state index contributed by atoms with van der Waals surface area (Å²) in [4.78, 5) is 0. The molecule has 0 unspecified atom stereocenters. The van der Waals surface area contributed by atoms with Crippen molar-refractivity contribution in [3.8, 4) is 11.5 Å². The molecule has 1 aromatic carbocycles. The van der Waals surface area contributed by atoms with E-state index in [0.717, 1.165) is 21.6 Å². The molecular weight excluding hydrogens is 366 g/mol. The Morgan fingerprint density at radius 3 is 2.71 bits per heavy atom. The maximum Gasteiger partial charge on any atom is 0.247 e. The Hall–Kier alpha value is -1.64. The summed E-state index contributed by atoms with van der Waals surface area (Å²) in [5, 5.41) is 21.2. The lowest BCUT2D eigenvalue weighted by Crippen LogP contribution is -2.07. The third-order valence-corrected chi connectivity index (χ3v) is 5.20. The molecule has 1 N–H and O–H groups in total. The molecule has 2 aromatic heterocycles. The number of nitrogens with zero attached hydrogens (tertiary/aromatic N) is 4. The third-order valence-electron chi connectivity index (χ3n) is 2.95. The van der Waals surface area contributed by atoms with E-state index >= 15 is 0 Å². The van der Waals surface area contributed by atoms with Crippen molar-refractivity contribution in [2.75, 3.05) is 11.9 Å². The highest BCUT2D eigenvalue weighted by Crippen LogP contribution is 2.29. The lowest BCUT2D eigenvalue weighted by atomic mass is 10.2. The average Bonchev–Trinajstić information content (AvgIpc) is 3.21. The Kier molecular flexibility index (Phi) is 5.70. The number of nitrogens with one attached hydrogen (secondary N) is 1. The smallest absolute Gasteiger partial charge is 0.247 e. The molecular formula is C15H16ClN5OS2. The Balaban J connectivity index is 1.56. The van der Waals surface area contributed by atoms with Gasteiger partial charge in [-0.3, -0.25) is 0 Å². The van der Waals surface area contributed by atoms with Crippen LogP contribution in [-0.2, 0) is 5.75 Å². The van der Waals surface area contributed by atoms with Gasteiger partial charge in [0, 0.05) is 17.1 Å². The van der Waals surface area contributed by atoms with Gasteiger partial charge in [-0.25, -0.2) is 0 Å². The number of rotatable bonds is 7. The standard InChI is InChI=1S/C15H16ClN5OS2/c1-9(2)7-17-14-20-21-15(24-14)23-8-12-18-19-13(22-12)10-3-5-11(16)6-4-10/h3-6,9H,7-8H2,1-2H3,(H,17,20). The van der Waals surface area contributed by atoms with Crippen molar-refractivity contribution in [3.05, 3.63) is 35.2 Å². The van der Waals surface area contributed by atoms with Gasteiger partial charge >= 0.3 is 0 Å². The van der Waals surface area contributed by atoms with E-state index in [1.165, 1.54) is 23.1 Å². The fourth-order valence-electron chi connectivity index (χ4n) is 1.78. The molecule has 0 saturated carbocycles. The van der Waals surface area contributed by atoms with Crippen LogP contribution in [0.3, 0.4) is 0 Å². The number of halogens is 1. The third kappa shape index (κ3) is 4.68. The highest BCUT2D eigenvalue weighted by molar-refractivity contribution is 8.00. The van der Waals surface area contributed by atoms with Gasteiger partial charge in [-0.2, -0.15) is 0 Å². The summed E-state index contributed by atoms with van der Waals surface area (Å²) in [6, 6.07) is 7.29. The maximum absolute atomic E-state index is 5.88. The normalized spacial score (nSPS) is 11.2. The molecule has 9 heteroatoms. The van der Waals surface area contributed by atoms with E-state index in [9.17, 15) is 0 Å². The van der Waals surface area contributed by atoms with Gasteiger partial charge in [0.25, 0.3) is 0 Å². The van der Waals surface area contributed by atoms with Crippen LogP contribution in [0, 0.1) is 5.92 Å². The zero-order valence-electron chi connectivity index (χ0n) is 13.2. The van der Waals surface area contributed by atoms with Crippen molar-refractivity contribution in [1.82, 2.24) is 20.4 Å². The van der Waals surface area contributed by atoms with Crippen LogP contribution in [-0.4, -0.2) is 26.9 Å². The van der Waals surface area contributed by atoms with Crippen LogP contribution in [0.25, 0.3) is 11.5 Å². The van der Waals surface area contributed by atoms with Crippen LogP contribution >= 0.6 is 34.7 Å². The maximum atomic E-state index is 5.88. The first-order chi connectivity index (χ1) is 11.6. The second kappa shape index (κ2) is 7.96. The second-order valence-electron chi connectivity index (χ2n) is 5.44. The minimum atomic E-state index is 0.485. The minimum absolute atomic E-state index is 0.485. The summed E-state index contributed by atoms with van der Waals surface area (Å²) in [5.74, 6) is 2.16. The molecule has 24 heavy (non-hydrogen) atoms. The molecule has 126 valence electrons. The molecule has 2 heterocycles. The first kappa shape index (κ1) is 17.2. The fourth-order valence-corrected chi connectivity index (χ4v) is 3.50. The van der Waals surface area contributed by atoms with Gasteiger partial charge in [-0.15, -0.1) is 20.4 Å². The SMILES string of the molecule is CC(C)CNc1nnc(SCc2nnc(-c3ccc(Cl)cc3)o2)s1. The molecule has 0 aliphatic heterocycles. The number of hydrogen-bond acceptors (Lipinski definition) is 8. The van der Waals surface area contributed by atoms with Crippen LogP contribution in [0.1, 0.15) is 19.7 Å². The summed E-state index contributed by atoms with van der Waals surface area (Å²) in [6.45, 7) is 5.18. The van der Waals surface area contributed by atoms with Gasteiger partial charge in [-0.1, -0.05) is 48.5 Å². The summed E-state index contributed by atoms with van der Waals surface area (Å²) in [6.07, 6.45) is 0. The number of aromatic nitrogens is 4. The van der Waals surface area contributed by atoms with E-state index < -0.39 is 0 Å². The van der Waals surface area contributed by atoms with Crippen molar-refractivity contribution < 1.29 is 4.42 Å². The van der Waals surface area contributed by atoms with E-state index in [4.69, 9.17) is 16.0 Å². The number of hydrogen-bond donors (Lipinski definition) is 1. The lowest BCUT2D eigenvalue weighted by molar-refractivity contribution is 0.528. The van der Waals surface area contributed by atoms with Crippen molar-refractivity contribution in [2.24, 2.45) is 5.92 Å². The van der Waals surface area contributed by atoms with Crippen molar-refractivity contribution in [2.45, 2.75) is 23.9 Å². The lowest BCUT2D eigenvalue weighted by Gasteiger charge is -2.03. The highest BCUT2D eigenvalue weighted by Gasteiger charge is 2.11. The van der Waals surface area contributed by atoms with E-state index in [1.54, 1.807) is 12.1 Å². The molecule has 3 aromatic rings. The summed E-state index contributed by atoms with van der Waals surface area (Å²) in [7, 11) is 0. The van der Waals surface area contributed by atoms with Crippen molar-refractivity contribution in [3.63, 3.8) is 0 Å². The number of anilines is 1. The van der Waals surface area contributed by atoms with E-state index in [1.807, 2.05) is 12.1 Å². The van der Waals surface area contributed by atoms with Gasteiger partial charge in [-0.05, 0) is 30.2 Å². The van der Waals surface area contributed by atoms with Gasteiger partial charge in [0.1, 0.15) is 0 Å². The monoisotopic (exact) mass is 381 g/mol. The second-order valence-corrected chi connectivity index (χ2v) is 8.08. The summed E-state index contributed by atoms with van der Waals surface area (Å²) < 4.78 is 6.54. The van der Waals surface area contributed by atoms with Gasteiger partial charge < -0.3 is 9.73 Å². The van der Waals surface area contributed by atoms with Crippen LogP contribution in [0.2, 0.25) is 5.02 Å². The molecule has 0 aliphatic carbocycles. The first-order valence-corrected chi connectivity index (χ1v) is 9.56. The number of benzene rings is 1. The zero-order chi connectivity index (χ0) is 16.9. The number of thioether (sulfide) groups is 1. The van der Waals surface area contributed by atoms with Crippen LogP contribution in [0.15, 0.2) is 33.0 Å². The van der Waals surface area contributed by atoms with Crippen molar-refractivity contribution in [1.29, 1.82) is 0 Å². The molecule has 0 atom stereocenters. The highest BCUT2D eigenvalue weighted by atomic mass is 35.5. The Labute approximate surface area is 153 Å². The van der Waals surface area contributed by atoms with Gasteiger partial charge in [0.15, 0.2) is 4.34 Å². The zero-order valence-corrected chi connectivity index (χ0v) is 15.6. The summed E-state index contributed by atoms with van der Waals surface area (Å²) >= 11 is 8.93. The predicted molar refractivity (Wildman–Crippen MR) is 97.5 cm³/mol. The van der Waals surface area contributed by atoms with E-state index in [0.29, 0.717) is 28.5 Å². The van der Waals surface area contributed by atoms with Crippen molar-refractivity contribution >= 4 is 39.8 Å². The topological polar surface area (TPSA) is 76.7 Å². The van der Waals surface area contributed by atoms with Gasteiger partial charge in [0.2, 0.25) is 16.9 Å². The molecule has 0 aliphatic rings. The molecule has 0 fully saturated rings. The molecule has 0 bridgehead atoms. The average molecular weight is 382 g/mol. The predicted octanol–water partition coefficient (Wildman–Crippen LogP) is 4.60. The quantitative estimate of drug-likeness (QED) is 0.599. The van der Waals surface area contributed by atoms with Crippen LogP contribution < -0.4 is 5.32 Å². The van der Waals surface area contributed by atoms with Gasteiger partial charge in [0.05, 0.1) is 5.75 Å². The van der Waals surface area contributed by atoms with E-state index in [2.05, 4.69) is 39.6 Å². The molecule has 0 amide bonds. The van der Waals surface area contributed by atoms with Crippen LogP contribution in [0.4, 0.5) is 5.13 Å².